The van der Waals surface area contributed by atoms with E-state index in [1.165, 1.54) is 6.92 Å². The molecule has 2 aromatic carbocycles. The number of nitrogens with two attached hydrogens (primary N) is 1. The molecule has 0 aliphatic rings. The van der Waals surface area contributed by atoms with E-state index in [1.807, 2.05) is 44.2 Å². The third-order valence-corrected chi connectivity index (χ3v) is 7.68. The predicted molar refractivity (Wildman–Crippen MR) is 183 cm³/mol. The Morgan fingerprint density at radius 1 is 0.729 bits per heavy atom. The number of rotatable bonds is 19. The SMILES string of the molecule is CC(C)N[C@H](C)C(=O)N[C@@H](CC(N)=O)C(=O)N[C@@H](CCC(=O)O)C(=O)N[C@@H](Cc1cccc2ccccc12)C(=O)N[C@H](C)C(=O)C(C)S. The highest BCUT2D eigenvalue weighted by Crippen LogP contribution is 2.20. The van der Waals surface area contributed by atoms with Gasteiger partial charge in [-0.1, -0.05) is 56.3 Å². The minimum absolute atomic E-state index is 0.0169. The van der Waals surface area contributed by atoms with Gasteiger partial charge in [-0.3, -0.25) is 33.6 Å². The van der Waals surface area contributed by atoms with Crippen LogP contribution in [0.15, 0.2) is 42.5 Å². The van der Waals surface area contributed by atoms with E-state index < -0.39 is 83.8 Å². The second-order valence-electron chi connectivity index (χ2n) is 12.0. The maximum absolute atomic E-state index is 13.7. The quantitative estimate of drug-likeness (QED) is 0.0954. The molecule has 48 heavy (non-hydrogen) atoms. The molecule has 1 unspecified atom stereocenters. The van der Waals surface area contributed by atoms with Crippen molar-refractivity contribution in [3.63, 3.8) is 0 Å². The van der Waals surface area contributed by atoms with Gasteiger partial charge in [0.05, 0.1) is 23.8 Å². The van der Waals surface area contributed by atoms with Gasteiger partial charge in [0.25, 0.3) is 0 Å². The summed E-state index contributed by atoms with van der Waals surface area (Å²) in [5.74, 6) is -5.67. The molecule has 0 saturated carbocycles. The smallest absolute Gasteiger partial charge is 0.303 e. The third kappa shape index (κ3) is 12.6. The van der Waals surface area contributed by atoms with Gasteiger partial charge in [0.1, 0.15) is 18.1 Å². The number of carboxylic acid groups (broad SMARTS) is 1. The van der Waals surface area contributed by atoms with E-state index in [9.17, 15) is 38.7 Å². The Morgan fingerprint density at radius 2 is 1.29 bits per heavy atom. The number of aliphatic carboxylic acids is 1. The number of hydrogen-bond acceptors (Lipinski definition) is 9. The van der Waals surface area contributed by atoms with Gasteiger partial charge in [0.2, 0.25) is 29.5 Å². The van der Waals surface area contributed by atoms with Gasteiger partial charge in [-0.2, -0.15) is 12.6 Å². The van der Waals surface area contributed by atoms with Crippen molar-refractivity contribution in [2.45, 2.75) is 102 Å². The zero-order valence-electron chi connectivity index (χ0n) is 27.7. The number of nitrogens with one attached hydrogen (secondary N) is 5. The van der Waals surface area contributed by atoms with E-state index in [0.717, 1.165) is 10.8 Å². The van der Waals surface area contributed by atoms with Crippen molar-refractivity contribution in [1.29, 1.82) is 0 Å². The highest BCUT2D eigenvalue weighted by atomic mass is 32.1. The van der Waals surface area contributed by atoms with Crippen molar-refractivity contribution < 1.29 is 38.7 Å². The number of Topliss-reactive ketones (excluding diaryl/α,β-unsaturated/α-hetero) is 1. The topological polar surface area (TPSA) is 226 Å². The first-order chi connectivity index (χ1) is 22.5. The molecule has 262 valence electrons. The average Bonchev–Trinajstić information content (AvgIpc) is 3.00. The number of benzene rings is 2. The standard InChI is InChI=1S/C33H46N6O8S/c1-17(2)35-19(4)30(44)38-26(16-27(34)40)33(47)37-24(13-14-28(41)42)31(45)39-25(32(46)36-18(3)29(43)20(5)48)15-22-11-8-10-21-9-6-7-12-23(21)22/h6-12,17-20,24-26,35,48H,13-16H2,1-5H3,(H2,34,40)(H,36,46)(H,37,47)(H,38,44)(H,39,45)(H,41,42)/t18-,19-,20?,24+,25+,26+/m1/s1. The van der Waals surface area contributed by atoms with Crippen molar-refractivity contribution in [2.24, 2.45) is 5.73 Å². The number of hydrogen-bond donors (Lipinski definition) is 8. The zero-order chi connectivity index (χ0) is 36.1. The van der Waals surface area contributed by atoms with Crippen LogP contribution in [0, 0.1) is 0 Å². The van der Waals surface area contributed by atoms with Gasteiger partial charge < -0.3 is 37.4 Å². The molecule has 0 spiro atoms. The van der Waals surface area contributed by atoms with Crippen LogP contribution in [0.5, 0.6) is 0 Å². The molecule has 0 aliphatic carbocycles. The lowest BCUT2D eigenvalue weighted by Crippen LogP contribution is -2.59. The van der Waals surface area contributed by atoms with Crippen LogP contribution in [0.25, 0.3) is 10.8 Å². The molecule has 0 aromatic heterocycles. The van der Waals surface area contributed by atoms with Crippen LogP contribution >= 0.6 is 12.6 Å². The van der Waals surface area contributed by atoms with E-state index in [4.69, 9.17) is 5.73 Å². The maximum Gasteiger partial charge on any atom is 0.303 e. The molecule has 0 aliphatic heterocycles. The van der Waals surface area contributed by atoms with E-state index >= 15 is 0 Å². The molecular formula is C33H46N6O8S. The monoisotopic (exact) mass is 686 g/mol. The van der Waals surface area contributed by atoms with Gasteiger partial charge in [-0.15, -0.1) is 0 Å². The second-order valence-corrected chi connectivity index (χ2v) is 12.8. The molecule has 0 radical (unpaired) electrons. The Hall–Kier alpha value is -4.50. The molecule has 15 heteroatoms. The minimum atomic E-state index is -1.49. The summed E-state index contributed by atoms with van der Waals surface area (Å²) in [6, 6.07) is 6.92. The van der Waals surface area contributed by atoms with Crippen LogP contribution in [0.1, 0.15) is 59.4 Å². The fourth-order valence-corrected chi connectivity index (χ4v) is 5.23. The Balaban J connectivity index is 2.40. The number of primary amides is 1. The molecule has 6 atom stereocenters. The third-order valence-electron chi connectivity index (χ3n) is 7.43. The number of carboxylic acids is 1. The normalized spacial score (nSPS) is 14.9. The van der Waals surface area contributed by atoms with Crippen LogP contribution in [-0.4, -0.2) is 87.9 Å². The molecule has 14 nitrogen and oxygen atoms in total. The lowest BCUT2D eigenvalue weighted by Gasteiger charge is -2.26. The van der Waals surface area contributed by atoms with E-state index in [1.54, 1.807) is 26.0 Å². The molecular weight excluding hydrogens is 640 g/mol. The largest absolute Gasteiger partial charge is 0.481 e. The Morgan fingerprint density at radius 3 is 1.90 bits per heavy atom. The lowest BCUT2D eigenvalue weighted by molar-refractivity contribution is -0.138. The average molecular weight is 687 g/mol. The summed E-state index contributed by atoms with van der Waals surface area (Å²) in [6.45, 7) is 8.25. The molecule has 0 saturated heterocycles. The number of amides is 5. The number of carbonyl (C=O) groups excluding carboxylic acids is 6. The van der Waals surface area contributed by atoms with Crippen molar-refractivity contribution in [2.75, 3.05) is 0 Å². The summed E-state index contributed by atoms with van der Waals surface area (Å²) in [7, 11) is 0. The first-order valence-electron chi connectivity index (χ1n) is 15.7. The Labute approximate surface area is 285 Å². The first-order valence-corrected chi connectivity index (χ1v) is 16.2. The van der Waals surface area contributed by atoms with Gasteiger partial charge in [0.15, 0.2) is 5.78 Å². The molecule has 2 rings (SSSR count). The number of fused-ring (bicyclic) bond motifs is 1. The Kier molecular flexibility index (Phi) is 15.5. The van der Waals surface area contributed by atoms with Crippen molar-refractivity contribution in [3.05, 3.63) is 48.0 Å². The fourth-order valence-electron chi connectivity index (χ4n) is 5.01. The maximum atomic E-state index is 13.7. The van der Waals surface area contributed by atoms with Gasteiger partial charge >= 0.3 is 5.97 Å². The number of carbonyl (C=O) groups is 7. The van der Waals surface area contributed by atoms with Crippen LogP contribution in [-0.2, 0) is 40.0 Å². The van der Waals surface area contributed by atoms with Crippen LogP contribution in [0.2, 0.25) is 0 Å². The van der Waals surface area contributed by atoms with Crippen LogP contribution < -0.4 is 32.3 Å². The Bertz CT molecular complexity index is 1490. The van der Waals surface area contributed by atoms with Gasteiger partial charge in [-0.25, -0.2) is 0 Å². The summed E-state index contributed by atoms with van der Waals surface area (Å²) < 4.78 is 0. The summed E-state index contributed by atoms with van der Waals surface area (Å²) in [4.78, 5) is 89.1. The van der Waals surface area contributed by atoms with Crippen molar-refractivity contribution in [1.82, 2.24) is 26.6 Å². The molecule has 0 bridgehead atoms. The molecule has 0 fully saturated rings. The number of ketones is 1. The van der Waals surface area contributed by atoms with Crippen LogP contribution in [0.3, 0.4) is 0 Å². The number of thiol groups is 1. The van der Waals surface area contributed by atoms with E-state index in [0.29, 0.717) is 5.56 Å². The molecule has 0 heterocycles. The van der Waals surface area contributed by atoms with Gasteiger partial charge in [0, 0.05) is 18.9 Å². The molecule has 5 amide bonds. The first kappa shape index (κ1) is 39.7. The summed E-state index contributed by atoms with van der Waals surface area (Å²) in [6.07, 6.45) is -1.53. The summed E-state index contributed by atoms with van der Waals surface area (Å²) >= 11 is 4.15. The van der Waals surface area contributed by atoms with Crippen LogP contribution in [0.4, 0.5) is 0 Å². The highest BCUT2D eigenvalue weighted by molar-refractivity contribution is 7.81. The fraction of sp³-hybridized carbons (Fsp3) is 0.485. The van der Waals surface area contributed by atoms with E-state index in [2.05, 4.69) is 39.2 Å². The lowest BCUT2D eigenvalue weighted by atomic mass is 9.97. The molecule has 2 aromatic rings. The van der Waals surface area contributed by atoms with Gasteiger partial charge in [-0.05, 0) is 43.5 Å². The molecule has 8 N–H and O–H groups in total. The van der Waals surface area contributed by atoms with Crippen molar-refractivity contribution >= 4 is 64.7 Å². The van der Waals surface area contributed by atoms with Crippen molar-refractivity contribution in [3.8, 4) is 0 Å². The zero-order valence-corrected chi connectivity index (χ0v) is 28.6. The summed E-state index contributed by atoms with van der Waals surface area (Å²) in [5.41, 5.74) is 6.03. The predicted octanol–water partition coefficient (Wildman–Crippen LogP) is 0.356. The minimum Gasteiger partial charge on any atom is -0.481 e. The van der Waals surface area contributed by atoms with E-state index in [-0.39, 0.29) is 24.7 Å². The highest BCUT2D eigenvalue weighted by Gasteiger charge is 2.32. The second kappa shape index (κ2) is 18.7. The summed E-state index contributed by atoms with van der Waals surface area (Å²) in [5, 5.41) is 23.5.